The summed E-state index contributed by atoms with van der Waals surface area (Å²) in [6, 6.07) is 8.07. The summed E-state index contributed by atoms with van der Waals surface area (Å²) in [4.78, 5) is 9.91. The maximum atomic E-state index is 4.51. The fourth-order valence-corrected chi connectivity index (χ4v) is 1.51. The van der Waals surface area contributed by atoms with Crippen LogP contribution in [-0.2, 0) is 0 Å². The third-order valence-electron chi connectivity index (χ3n) is 2.44. The summed E-state index contributed by atoms with van der Waals surface area (Å²) < 4.78 is 0. The molecule has 0 bridgehead atoms. The zero-order valence-electron chi connectivity index (χ0n) is 9.12. The average Bonchev–Trinajstić information content (AvgIpc) is 2.69. The van der Waals surface area contributed by atoms with Crippen molar-refractivity contribution in [2.24, 2.45) is 0 Å². The van der Waals surface area contributed by atoms with E-state index in [-0.39, 0.29) is 0 Å². The Labute approximate surface area is 89.3 Å². The number of nitrogens with one attached hydrogen (secondary N) is 2. The lowest BCUT2D eigenvalue weighted by atomic mass is 10.3. The minimum absolute atomic E-state index is 0.923. The Morgan fingerprint density at radius 3 is 2.93 bits per heavy atom. The van der Waals surface area contributed by atoms with Crippen LogP contribution in [0.15, 0.2) is 24.3 Å². The second-order valence-corrected chi connectivity index (χ2v) is 3.60. The van der Waals surface area contributed by atoms with Gasteiger partial charge in [-0.3, -0.25) is 0 Å². The van der Waals surface area contributed by atoms with Crippen molar-refractivity contribution in [3.05, 3.63) is 24.3 Å². The van der Waals surface area contributed by atoms with Crippen molar-refractivity contribution in [2.45, 2.75) is 0 Å². The number of hydrogen-bond donors (Lipinski definition) is 2. The Bertz CT molecular complexity index is 402. The van der Waals surface area contributed by atoms with Gasteiger partial charge in [0.1, 0.15) is 0 Å². The maximum Gasteiger partial charge on any atom is 0.203 e. The summed E-state index contributed by atoms with van der Waals surface area (Å²) in [6.07, 6.45) is 0. The Balaban J connectivity index is 2.20. The van der Waals surface area contributed by atoms with Gasteiger partial charge >= 0.3 is 0 Å². The first kappa shape index (κ1) is 9.98. The van der Waals surface area contributed by atoms with Gasteiger partial charge in [0, 0.05) is 20.1 Å². The molecule has 2 aromatic rings. The molecule has 0 aliphatic heterocycles. The first-order valence-electron chi connectivity index (χ1n) is 5.12. The number of benzene rings is 1. The Morgan fingerprint density at radius 2 is 2.20 bits per heavy atom. The van der Waals surface area contributed by atoms with Crippen LogP contribution < -0.4 is 10.2 Å². The number of H-pyrrole nitrogens is 1. The minimum Gasteiger partial charge on any atom is -0.344 e. The molecule has 2 N–H and O–H groups in total. The summed E-state index contributed by atoms with van der Waals surface area (Å²) in [7, 11) is 3.99. The highest BCUT2D eigenvalue weighted by atomic mass is 15.2. The second-order valence-electron chi connectivity index (χ2n) is 3.60. The van der Waals surface area contributed by atoms with Gasteiger partial charge in [-0.2, -0.15) is 0 Å². The van der Waals surface area contributed by atoms with E-state index in [1.807, 2.05) is 38.4 Å². The third kappa shape index (κ3) is 2.10. The second kappa shape index (κ2) is 4.31. The molecule has 2 rings (SSSR count). The number of imidazole rings is 1. The number of hydrogen-bond acceptors (Lipinski definition) is 3. The van der Waals surface area contributed by atoms with Crippen LogP contribution >= 0.6 is 0 Å². The number of para-hydroxylation sites is 2. The molecule has 0 fully saturated rings. The third-order valence-corrected chi connectivity index (χ3v) is 2.44. The van der Waals surface area contributed by atoms with E-state index in [9.17, 15) is 0 Å². The summed E-state index contributed by atoms with van der Waals surface area (Å²) >= 11 is 0. The molecule has 15 heavy (non-hydrogen) atoms. The molecule has 0 unspecified atom stereocenters. The molecule has 1 aromatic carbocycles. The van der Waals surface area contributed by atoms with Gasteiger partial charge in [0.15, 0.2) is 0 Å². The Morgan fingerprint density at radius 1 is 1.40 bits per heavy atom. The summed E-state index contributed by atoms with van der Waals surface area (Å²) in [6.45, 7) is 1.89. The molecule has 4 nitrogen and oxygen atoms in total. The Kier molecular flexibility index (Phi) is 2.87. The zero-order valence-corrected chi connectivity index (χ0v) is 9.12. The molecule has 0 saturated carbocycles. The number of anilines is 1. The maximum absolute atomic E-state index is 4.51. The predicted octanol–water partition coefficient (Wildman–Crippen LogP) is 1.22. The van der Waals surface area contributed by atoms with Crippen molar-refractivity contribution in [3.8, 4) is 0 Å². The fourth-order valence-electron chi connectivity index (χ4n) is 1.51. The summed E-state index contributed by atoms with van der Waals surface area (Å²) in [5, 5.41) is 3.12. The molecule has 80 valence electrons. The molecule has 0 aliphatic carbocycles. The van der Waals surface area contributed by atoms with Crippen LogP contribution in [0, 0.1) is 0 Å². The number of likely N-dealkylation sites (N-methyl/N-ethyl adjacent to an activating group) is 2. The van der Waals surface area contributed by atoms with Crippen LogP contribution in [0.25, 0.3) is 11.0 Å². The topological polar surface area (TPSA) is 44.0 Å². The van der Waals surface area contributed by atoms with Gasteiger partial charge in [0.25, 0.3) is 0 Å². The van der Waals surface area contributed by atoms with E-state index in [0.29, 0.717) is 0 Å². The number of nitrogens with zero attached hydrogens (tertiary/aromatic N) is 2. The fraction of sp³-hybridized carbons (Fsp3) is 0.364. The van der Waals surface area contributed by atoms with E-state index in [2.05, 4.69) is 20.2 Å². The Hall–Kier alpha value is -1.55. The lowest BCUT2D eigenvalue weighted by Crippen LogP contribution is -2.27. The van der Waals surface area contributed by atoms with Crippen molar-refractivity contribution in [3.63, 3.8) is 0 Å². The first-order chi connectivity index (χ1) is 7.31. The van der Waals surface area contributed by atoms with Crippen LogP contribution in [0.1, 0.15) is 0 Å². The predicted molar refractivity (Wildman–Crippen MR) is 63.3 cm³/mol. The van der Waals surface area contributed by atoms with Crippen LogP contribution in [0.3, 0.4) is 0 Å². The van der Waals surface area contributed by atoms with Gasteiger partial charge in [0.2, 0.25) is 5.95 Å². The molecule has 1 heterocycles. The SMILES string of the molecule is CNCCN(C)c1nc2ccccc2[nH]1. The zero-order chi connectivity index (χ0) is 10.7. The van der Waals surface area contributed by atoms with Crippen molar-refractivity contribution in [2.75, 3.05) is 32.1 Å². The number of aromatic nitrogens is 2. The molecule has 0 spiro atoms. The van der Waals surface area contributed by atoms with Gasteiger partial charge < -0.3 is 15.2 Å². The smallest absolute Gasteiger partial charge is 0.203 e. The van der Waals surface area contributed by atoms with E-state index in [0.717, 1.165) is 30.1 Å². The highest BCUT2D eigenvalue weighted by molar-refractivity contribution is 5.77. The lowest BCUT2D eigenvalue weighted by molar-refractivity contribution is 0.757. The largest absolute Gasteiger partial charge is 0.344 e. The molecular weight excluding hydrogens is 188 g/mol. The normalized spacial score (nSPS) is 10.8. The monoisotopic (exact) mass is 204 g/mol. The van der Waals surface area contributed by atoms with Crippen molar-refractivity contribution >= 4 is 17.0 Å². The molecule has 1 aromatic heterocycles. The highest BCUT2D eigenvalue weighted by Gasteiger charge is 2.05. The molecule has 0 radical (unpaired) electrons. The van der Waals surface area contributed by atoms with Gasteiger partial charge in [-0.25, -0.2) is 4.98 Å². The number of aromatic amines is 1. The molecule has 4 heteroatoms. The van der Waals surface area contributed by atoms with Crippen LogP contribution in [0.2, 0.25) is 0 Å². The van der Waals surface area contributed by atoms with E-state index < -0.39 is 0 Å². The highest BCUT2D eigenvalue weighted by Crippen LogP contribution is 2.15. The first-order valence-corrected chi connectivity index (χ1v) is 5.12. The van der Waals surface area contributed by atoms with Gasteiger partial charge in [-0.05, 0) is 19.2 Å². The average molecular weight is 204 g/mol. The van der Waals surface area contributed by atoms with Crippen molar-refractivity contribution < 1.29 is 0 Å². The van der Waals surface area contributed by atoms with Gasteiger partial charge in [0.05, 0.1) is 11.0 Å². The molecular formula is C11H16N4. The van der Waals surface area contributed by atoms with E-state index in [1.54, 1.807) is 0 Å². The quantitative estimate of drug-likeness (QED) is 0.787. The number of fused-ring (bicyclic) bond motifs is 1. The summed E-state index contributed by atoms with van der Waals surface area (Å²) in [5.74, 6) is 0.923. The molecule has 0 atom stereocenters. The van der Waals surface area contributed by atoms with E-state index >= 15 is 0 Å². The standard InChI is InChI=1S/C11H16N4/c1-12-7-8-15(2)11-13-9-5-3-4-6-10(9)14-11/h3-6,12H,7-8H2,1-2H3,(H,13,14). The van der Waals surface area contributed by atoms with Crippen LogP contribution in [0.4, 0.5) is 5.95 Å². The van der Waals surface area contributed by atoms with Gasteiger partial charge in [-0.1, -0.05) is 12.1 Å². The van der Waals surface area contributed by atoms with Crippen molar-refractivity contribution in [1.29, 1.82) is 0 Å². The lowest BCUT2D eigenvalue weighted by Gasteiger charge is -2.14. The molecule has 0 aliphatic rings. The van der Waals surface area contributed by atoms with E-state index in [1.165, 1.54) is 0 Å². The van der Waals surface area contributed by atoms with Crippen LogP contribution in [-0.4, -0.2) is 37.2 Å². The summed E-state index contributed by atoms with van der Waals surface area (Å²) in [5.41, 5.74) is 2.10. The molecule has 0 amide bonds. The molecule has 0 saturated heterocycles. The number of rotatable bonds is 4. The van der Waals surface area contributed by atoms with E-state index in [4.69, 9.17) is 0 Å². The van der Waals surface area contributed by atoms with Crippen LogP contribution in [0.5, 0.6) is 0 Å². The van der Waals surface area contributed by atoms with Crippen molar-refractivity contribution in [1.82, 2.24) is 15.3 Å². The van der Waals surface area contributed by atoms with Gasteiger partial charge in [-0.15, -0.1) is 0 Å². The minimum atomic E-state index is 0.923.